The van der Waals surface area contributed by atoms with E-state index in [1.165, 1.54) is 0 Å². The fraction of sp³-hybridized carbons (Fsp3) is 0.423. The van der Waals surface area contributed by atoms with Gasteiger partial charge in [-0.15, -0.1) is 0 Å². The molecule has 1 amide bonds. The highest BCUT2D eigenvalue weighted by molar-refractivity contribution is 5.98. The summed E-state index contributed by atoms with van der Waals surface area (Å²) in [5.41, 5.74) is 10.7. The molecule has 1 aromatic carbocycles. The quantitative estimate of drug-likeness (QED) is 0.510. The highest BCUT2D eigenvalue weighted by Crippen LogP contribution is 2.33. The molecule has 2 saturated heterocycles. The second-order valence-corrected chi connectivity index (χ2v) is 9.82. The van der Waals surface area contributed by atoms with E-state index < -0.39 is 0 Å². The molecule has 0 spiro atoms. The van der Waals surface area contributed by atoms with E-state index in [1.54, 1.807) is 0 Å². The first kappa shape index (κ1) is 21.2. The van der Waals surface area contributed by atoms with Gasteiger partial charge in [-0.05, 0) is 56.2 Å². The molecule has 8 heteroatoms. The molecule has 4 aromatic rings. The van der Waals surface area contributed by atoms with Crippen LogP contribution in [0.3, 0.4) is 0 Å². The first-order chi connectivity index (χ1) is 16.5. The van der Waals surface area contributed by atoms with Crippen molar-refractivity contribution in [3.63, 3.8) is 0 Å². The maximum atomic E-state index is 13.6. The number of amides is 1. The Hall–Kier alpha value is -3.39. The van der Waals surface area contributed by atoms with Crippen LogP contribution in [0.2, 0.25) is 0 Å². The zero-order valence-corrected chi connectivity index (χ0v) is 19.8. The molecule has 0 unspecified atom stereocenters. The molecule has 6 rings (SSSR count). The van der Waals surface area contributed by atoms with Gasteiger partial charge in [-0.25, -0.2) is 9.50 Å². The number of hydrogen-bond donors (Lipinski definition) is 1. The lowest BCUT2D eigenvalue weighted by atomic mass is 9.98. The molecule has 34 heavy (non-hydrogen) atoms. The van der Waals surface area contributed by atoms with Gasteiger partial charge in [-0.3, -0.25) is 4.79 Å². The van der Waals surface area contributed by atoms with Crippen molar-refractivity contribution in [3.05, 3.63) is 59.5 Å². The van der Waals surface area contributed by atoms with Gasteiger partial charge < -0.3 is 20.1 Å². The Morgan fingerprint density at radius 2 is 2.00 bits per heavy atom. The molecule has 2 N–H and O–H groups in total. The lowest BCUT2D eigenvalue weighted by Crippen LogP contribution is -2.38. The van der Waals surface area contributed by atoms with Crippen LogP contribution in [-0.2, 0) is 7.05 Å². The summed E-state index contributed by atoms with van der Waals surface area (Å²) in [6, 6.07) is 10.3. The summed E-state index contributed by atoms with van der Waals surface area (Å²) in [5.74, 6) is 1.06. The molecule has 0 bridgehead atoms. The number of rotatable bonds is 3. The summed E-state index contributed by atoms with van der Waals surface area (Å²) < 4.78 is 3.91. The maximum Gasteiger partial charge on any atom is 0.254 e. The van der Waals surface area contributed by atoms with Crippen molar-refractivity contribution in [2.75, 3.05) is 24.5 Å². The van der Waals surface area contributed by atoms with Crippen molar-refractivity contribution in [1.29, 1.82) is 0 Å². The summed E-state index contributed by atoms with van der Waals surface area (Å²) in [7, 11) is 2.01. The van der Waals surface area contributed by atoms with Crippen molar-refractivity contribution < 1.29 is 4.79 Å². The Kier molecular flexibility index (Phi) is 5.06. The molecule has 2 aliphatic heterocycles. The first-order valence-corrected chi connectivity index (χ1v) is 12.2. The van der Waals surface area contributed by atoms with E-state index in [2.05, 4.69) is 28.5 Å². The molecule has 3 aromatic heterocycles. The topological polar surface area (TPSA) is 84.7 Å². The van der Waals surface area contributed by atoms with Crippen LogP contribution in [0, 0.1) is 6.92 Å². The number of aryl methyl sites for hydroxylation is 2. The molecule has 5 heterocycles. The van der Waals surface area contributed by atoms with E-state index in [4.69, 9.17) is 15.8 Å². The minimum atomic E-state index is -0.0453. The third kappa shape index (κ3) is 3.53. The van der Waals surface area contributed by atoms with E-state index in [0.29, 0.717) is 0 Å². The average Bonchev–Trinajstić information content (AvgIpc) is 3.56. The Morgan fingerprint density at radius 1 is 1.12 bits per heavy atom. The number of hydrogen-bond acceptors (Lipinski definition) is 5. The number of carbonyl (C=O) groups is 1. The van der Waals surface area contributed by atoms with Gasteiger partial charge >= 0.3 is 0 Å². The van der Waals surface area contributed by atoms with Crippen LogP contribution >= 0.6 is 0 Å². The largest absolute Gasteiger partial charge is 0.355 e. The third-order valence-electron chi connectivity index (χ3n) is 7.39. The number of piperidine rings is 1. The SMILES string of the molecule is Cc1cn2nc([C@@H]3CCCCN3C(=O)c3ccc4ccn(C)c4c3)cc2nc1N1CC[C@H](N)C1. The van der Waals surface area contributed by atoms with Crippen LogP contribution in [0.1, 0.15) is 53.3 Å². The molecular weight excluding hydrogens is 426 g/mol. The lowest BCUT2D eigenvalue weighted by Gasteiger charge is -2.34. The Bertz CT molecular complexity index is 1390. The van der Waals surface area contributed by atoms with E-state index in [1.807, 2.05) is 47.1 Å². The highest BCUT2D eigenvalue weighted by atomic mass is 16.2. The second-order valence-electron chi connectivity index (χ2n) is 9.82. The molecule has 0 aliphatic carbocycles. The summed E-state index contributed by atoms with van der Waals surface area (Å²) in [6.45, 7) is 4.58. The summed E-state index contributed by atoms with van der Waals surface area (Å²) in [5, 5.41) is 6.02. The van der Waals surface area contributed by atoms with E-state index in [9.17, 15) is 4.79 Å². The fourth-order valence-corrected chi connectivity index (χ4v) is 5.53. The highest BCUT2D eigenvalue weighted by Gasteiger charge is 2.31. The molecular formula is C26H31N7O. The number of benzene rings is 1. The van der Waals surface area contributed by atoms with Crippen molar-refractivity contribution >= 4 is 28.3 Å². The van der Waals surface area contributed by atoms with E-state index in [0.717, 1.165) is 84.5 Å². The van der Waals surface area contributed by atoms with Gasteiger partial charge in [0, 0.05) is 67.8 Å². The van der Waals surface area contributed by atoms with Crippen LogP contribution in [-0.4, -0.2) is 55.6 Å². The molecule has 176 valence electrons. The van der Waals surface area contributed by atoms with Crippen molar-refractivity contribution in [2.45, 2.75) is 44.7 Å². The predicted molar refractivity (Wildman–Crippen MR) is 133 cm³/mol. The first-order valence-electron chi connectivity index (χ1n) is 12.2. The van der Waals surface area contributed by atoms with Crippen molar-refractivity contribution in [1.82, 2.24) is 24.1 Å². The lowest BCUT2D eigenvalue weighted by molar-refractivity contribution is 0.0606. The molecule has 8 nitrogen and oxygen atoms in total. The number of anilines is 1. The summed E-state index contributed by atoms with van der Waals surface area (Å²) in [6.07, 6.45) is 8.07. The Balaban J connectivity index is 1.33. The number of aromatic nitrogens is 4. The fourth-order valence-electron chi connectivity index (χ4n) is 5.53. The molecule has 2 atom stereocenters. The zero-order chi connectivity index (χ0) is 23.4. The summed E-state index contributed by atoms with van der Waals surface area (Å²) >= 11 is 0. The maximum absolute atomic E-state index is 13.6. The van der Waals surface area contributed by atoms with Gasteiger partial charge in [0.25, 0.3) is 5.91 Å². The van der Waals surface area contributed by atoms with Crippen LogP contribution < -0.4 is 10.6 Å². The zero-order valence-electron chi connectivity index (χ0n) is 19.8. The minimum absolute atomic E-state index is 0.0453. The minimum Gasteiger partial charge on any atom is -0.355 e. The van der Waals surface area contributed by atoms with Crippen LogP contribution in [0.15, 0.2) is 42.7 Å². The van der Waals surface area contributed by atoms with Crippen molar-refractivity contribution in [3.8, 4) is 0 Å². The van der Waals surface area contributed by atoms with Crippen LogP contribution in [0.4, 0.5) is 5.82 Å². The average molecular weight is 458 g/mol. The van der Waals surface area contributed by atoms with Gasteiger partial charge in [0.15, 0.2) is 5.65 Å². The predicted octanol–water partition coefficient (Wildman–Crippen LogP) is 3.43. The molecule has 2 aliphatic rings. The Morgan fingerprint density at radius 3 is 2.82 bits per heavy atom. The number of fused-ring (bicyclic) bond motifs is 2. The van der Waals surface area contributed by atoms with Crippen LogP contribution in [0.25, 0.3) is 16.6 Å². The van der Waals surface area contributed by atoms with Crippen LogP contribution in [0.5, 0.6) is 0 Å². The van der Waals surface area contributed by atoms with Gasteiger partial charge in [-0.2, -0.15) is 5.10 Å². The number of likely N-dealkylation sites (tertiary alicyclic amines) is 1. The molecule has 0 saturated carbocycles. The molecule has 2 fully saturated rings. The number of carbonyl (C=O) groups excluding carboxylic acids is 1. The third-order valence-corrected chi connectivity index (χ3v) is 7.39. The smallest absolute Gasteiger partial charge is 0.254 e. The van der Waals surface area contributed by atoms with Gasteiger partial charge in [0.2, 0.25) is 0 Å². The number of nitrogens with two attached hydrogens (primary N) is 1. The van der Waals surface area contributed by atoms with Gasteiger partial charge in [-0.1, -0.05) is 6.07 Å². The van der Waals surface area contributed by atoms with Gasteiger partial charge in [0.1, 0.15) is 5.82 Å². The normalized spacial score (nSPS) is 21.1. The number of nitrogens with zero attached hydrogens (tertiary/aromatic N) is 6. The van der Waals surface area contributed by atoms with E-state index in [-0.39, 0.29) is 18.0 Å². The van der Waals surface area contributed by atoms with E-state index >= 15 is 0 Å². The summed E-state index contributed by atoms with van der Waals surface area (Å²) in [4.78, 5) is 22.8. The second kappa shape index (κ2) is 8.13. The molecule has 0 radical (unpaired) electrons. The monoisotopic (exact) mass is 457 g/mol. The van der Waals surface area contributed by atoms with Crippen molar-refractivity contribution in [2.24, 2.45) is 12.8 Å². The standard InChI is InChI=1S/C26H31N7O/c1-17-15-33-24(28-25(17)31-12-9-20(27)16-31)14-21(29-33)22-5-3-4-10-32(22)26(34)19-7-6-18-8-11-30(2)23(18)13-19/h6-8,11,13-15,20,22H,3-5,9-10,12,16,27H2,1-2H3/t20-,22-/m0/s1. The Labute approximate surface area is 199 Å². The van der Waals surface area contributed by atoms with Gasteiger partial charge in [0.05, 0.1) is 11.7 Å².